The van der Waals surface area contributed by atoms with Crippen molar-refractivity contribution in [3.8, 4) is 0 Å². The lowest BCUT2D eigenvalue weighted by atomic mass is 9.86. The van der Waals surface area contributed by atoms with E-state index in [1.807, 2.05) is 13.8 Å². The van der Waals surface area contributed by atoms with Crippen LogP contribution in [0.25, 0.3) is 0 Å². The van der Waals surface area contributed by atoms with E-state index in [0.29, 0.717) is 19.3 Å². The van der Waals surface area contributed by atoms with Gasteiger partial charge in [-0.2, -0.15) is 8.78 Å². The van der Waals surface area contributed by atoms with Crippen molar-refractivity contribution in [2.45, 2.75) is 83.7 Å². The second-order valence-electron chi connectivity index (χ2n) is 8.10. The highest BCUT2D eigenvalue weighted by atomic mass is 19.3. The molecule has 1 saturated carbocycles. The zero-order valence-electron chi connectivity index (χ0n) is 16.7. The van der Waals surface area contributed by atoms with Gasteiger partial charge < -0.3 is 10.2 Å². The van der Waals surface area contributed by atoms with Crippen molar-refractivity contribution in [2.24, 2.45) is 17.8 Å². The minimum absolute atomic E-state index is 0.0138. The third kappa shape index (κ3) is 8.17. The van der Waals surface area contributed by atoms with Crippen molar-refractivity contribution in [1.82, 2.24) is 0 Å². The number of unbranched alkanes of at least 4 members (excludes halogenated alkanes) is 1. The first-order chi connectivity index (χ1) is 13.0. The Labute approximate surface area is 165 Å². The van der Waals surface area contributed by atoms with Crippen molar-refractivity contribution in [3.63, 3.8) is 0 Å². The second kappa shape index (κ2) is 11.4. The van der Waals surface area contributed by atoms with Gasteiger partial charge in [0, 0.05) is 31.6 Å². The molecule has 0 spiro atoms. The number of carbonyl (C=O) groups is 3. The van der Waals surface area contributed by atoms with Crippen LogP contribution in [0, 0.1) is 17.8 Å². The van der Waals surface area contributed by atoms with E-state index < -0.39 is 42.0 Å². The number of carboxylic acid groups (broad SMARTS) is 1. The SMILES string of the molecule is CC(C)CCC(F)(F)C(=O)CC[C@H]1[C@H](O)CC(=O)[C@@H]1CC=CCCCC(=O)O. The summed E-state index contributed by atoms with van der Waals surface area (Å²) in [4.78, 5) is 34.5. The van der Waals surface area contributed by atoms with Gasteiger partial charge in [-0.15, -0.1) is 0 Å². The number of carboxylic acids is 1. The summed E-state index contributed by atoms with van der Waals surface area (Å²) in [6.45, 7) is 3.64. The van der Waals surface area contributed by atoms with Crippen molar-refractivity contribution in [1.29, 1.82) is 0 Å². The number of hydrogen-bond acceptors (Lipinski definition) is 4. The Morgan fingerprint density at radius 1 is 1.25 bits per heavy atom. The van der Waals surface area contributed by atoms with Gasteiger partial charge in [-0.3, -0.25) is 14.4 Å². The first-order valence-corrected chi connectivity index (χ1v) is 10.0. The monoisotopic (exact) mass is 402 g/mol. The van der Waals surface area contributed by atoms with Gasteiger partial charge in [0.1, 0.15) is 5.78 Å². The van der Waals surface area contributed by atoms with E-state index >= 15 is 0 Å². The Morgan fingerprint density at radius 2 is 1.93 bits per heavy atom. The highest BCUT2D eigenvalue weighted by molar-refractivity contribution is 5.86. The van der Waals surface area contributed by atoms with E-state index in [2.05, 4.69) is 0 Å². The lowest BCUT2D eigenvalue weighted by molar-refractivity contribution is -0.145. The maximum absolute atomic E-state index is 14.0. The quantitative estimate of drug-likeness (QED) is 0.356. The lowest BCUT2D eigenvalue weighted by Gasteiger charge is -2.21. The molecule has 0 amide bonds. The third-order valence-corrected chi connectivity index (χ3v) is 5.30. The molecule has 1 aliphatic rings. The number of alkyl halides is 2. The zero-order valence-corrected chi connectivity index (χ0v) is 16.7. The number of ketones is 2. The van der Waals surface area contributed by atoms with Crippen LogP contribution in [0.5, 0.6) is 0 Å². The zero-order chi connectivity index (χ0) is 21.3. The standard InChI is InChI=1S/C21H32F2O5/c1-14(2)11-12-21(22,23)19(26)10-9-16-15(17(24)13-18(16)25)7-5-3-4-6-8-20(27)28/h3,5,14-16,18,25H,4,6-13H2,1-2H3,(H,27,28)/t15-,16-,18-/m1/s1. The minimum Gasteiger partial charge on any atom is -0.481 e. The van der Waals surface area contributed by atoms with Crippen LogP contribution in [0.2, 0.25) is 0 Å². The van der Waals surface area contributed by atoms with Gasteiger partial charge in [-0.1, -0.05) is 26.0 Å². The van der Waals surface area contributed by atoms with Crippen LogP contribution < -0.4 is 0 Å². The van der Waals surface area contributed by atoms with Crippen LogP contribution in [0.1, 0.15) is 71.6 Å². The summed E-state index contributed by atoms with van der Waals surface area (Å²) in [6.07, 6.45) is 3.66. The Bertz CT molecular complexity index is 571. The summed E-state index contributed by atoms with van der Waals surface area (Å²) in [5.41, 5.74) is 0. The number of aliphatic hydroxyl groups is 1. The van der Waals surface area contributed by atoms with Crippen LogP contribution in [0.15, 0.2) is 12.2 Å². The summed E-state index contributed by atoms with van der Waals surface area (Å²) >= 11 is 0. The average Bonchev–Trinajstić information content (AvgIpc) is 2.86. The van der Waals surface area contributed by atoms with Crippen molar-refractivity contribution < 1.29 is 33.4 Å². The fourth-order valence-corrected chi connectivity index (χ4v) is 3.54. The lowest BCUT2D eigenvalue weighted by Crippen LogP contribution is -2.30. The van der Waals surface area contributed by atoms with Crippen LogP contribution in [-0.4, -0.2) is 39.8 Å². The van der Waals surface area contributed by atoms with Gasteiger partial charge in [-0.05, 0) is 43.9 Å². The molecule has 0 heterocycles. The molecular formula is C21H32F2O5. The van der Waals surface area contributed by atoms with Gasteiger partial charge in [0.25, 0.3) is 0 Å². The molecule has 1 aliphatic carbocycles. The summed E-state index contributed by atoms with van der Waals surface area (Å²) in [5, 5.41) is 18.7. The van der Waals surface area contributed by atoms with E-state index in [0.717, 1.165) is 0 Å². The fraction of sp³-hybridized carbons (Fsp3) is 0.762. The van der Waals surface area contributed by atoms with Crippen molar-refractivity contribution >= 4 is 17.5 Å². The van der Waals surface area contributed by atoms with Crippen molar-refractivity contribution in [2.75, 3.05) is 0 Å². The number of allylic oxidation sites excluding steroid dienone is 2. The molecule has 1 fully saturated rings. The first kappa shape index (κ1) is 24.4. The molecule has 160 valence electrons. The Hall–Kier alpha value is -1.63. The predicted molar refractivity (Wildman–Crippen MR) is 101 cm³/mol. The second-order valence-corrected chi connectivity index (χ2v) is 8.10. The third-order valence-electron chi connectivity index (χ3n) is 5.30. The molecule has 0 unspecified atom stereocenters. The molecule has 0 radical (unpaired) electrons. The van der Waals surface area contributed by atoms with E-state index in [-0.39, 0.29) is 43.8 Å². The summed E-state index contributed by atoms with van der Waals surface area (Å²) < 4.78 is 27.9. The van der Waals surface area contributed by atoms with Crippen LogP contribution in [0.4, 0.5) is 8.78 Å². The van der Waals surface area contributed by atoms with Gasteiger partial charge in [-0.25, -0.2) is 0 Å². The van der Waals surface area contributed by atoms with Crippen molar-refractivity contribution in [3.05, 3.63) is 12.2 Å². The number of hydrogen-bond donors (Lipinski definition) is 2. The Kier molecular flexibility index (Phi) is 9.93. The summed E-state index contributed by atoms with van der Waals surface area (Å²) in [7, 11) is 0. The topological polar surface area (TPSA) is 91.7 Å². The van der Waals surface area contributed by atoms with E-state index in [1.165, 1.54) is 0 Å². The Balaban J connectivity index is 2.54. The number of rotatable bonds is 13. The average molecular weight is 402 g/mol. The largest absolute Gasteiger partial charge is 0.481 e. The molecule has 0 aromatic rings. The number of Topliss-reactive ketones (excluding diaryl/α,β-unsaturated/α-hetero) is 2. The molecule has 7 heteroatoms. The van der Waals surface area contributed by atoms with E-state index in [9.17, 15) is 28.3 Å². The molecule has 0 aromatic heterocycles. The molecule has 0 saturated heterocycles. The van der Waals surface area contributed by atoms with Gasteiger partial charge in [0.15, 0.2) is 0 Å². The maximum atomic E-state index is 14.0. The number of aliphatic carboxylic acids is 1. The number of halogens is 2. The van der Waals surface area contributed by atoms with Crippen LogP contribution in [-0.2, 0) is 14.4 Å². The fourth-order valence-electron chi connectivity index (χ4n) is 3.54. The smallest absolute Gasteiger partial charge is 0.305 e. The molecule has 2 N–H and O–H groups in total. The highest BCUT2D eigenvalue weighted by Gasteiger charge is 2.43. The molecule has 0 bridgehead atoms. The van der Waals surface area contributed by atoms with Gasteiger partial charge >= 0.3 is 11.9 Å². The molecule has 3 atom stereocenters. The predicted octanol–water partition coefficient (Wildman–Crippen LogP) is 4.17. The molecule has 28 heavy (non-hydrogen) atoms. The summed E-state index contributed by atoms with van der Waals surface area (Å²) in [6, 6.07) is 0. The molecule has 0 aliphatic heterocycles. The molecule has 5 nitrogen and oxygen atoms in total. The number of carbonyl (C=O) groups excluding carboxylic acids is 2. The first-order valence-electron chi connectivity index (χ1n) is 10.0. The number of aliphatic hydroxyl groups excluding tert-OH is 1. The Morgan fingerprint density at radius 3 is 2.54 bits per heavy atom. The molecule has 1 rings (SSSR count). The minimum atomic E-state index is -3.36. The van der Waals surface area contributed by atoms with Crippen LogP contribution >= 0.6 is 0 Å². The van der Waals surface area contributed by atoms with E-state index in [1.54, 1.807) is 12.2 Å². The summed E-state index contributed by atoms with van der Waals surface area (Å²) in [5.74, 6) is -6.37. The highest BCUT2D eigenvalue weighted by Crippen LogP contribution is 2.36. The van der Waals surface area contributed by atoms with Gasteiger partial charge in [0.05, 0.1) is 6.10 Å². The molecular weight excluding hydrogens is 370 g/mol. The van der Waals surface area contributed by atoms with Crippen LogP contribution in [0.3, 0.4) is 0 Å². The maximum Gasteiger partial charge on any atom is 0.305 e. The normalized spacial score (nSPS) is 23.1. The van der Waals surface area contributed by atoms with E-state index in [4.69, 9.17) is 5.11 Å². The molecule has 0 aromatic carbocycles. The van der Waals surface area contributed by atoms with Gasteiger partial charge in [0.2, 0.25) is 5.78 Å².